The smallest absolute Gasteiger partial charge is 0.171 e. The van der Waals surface area contributed by atoms with Gasteiger partial charge in [-0.1, -0.05) is 0 Å². The van der Waals surface area contributed by atoms with Gasteiger partial charge in [0.2, 0.25) is 0 Å². The molecule has 20 heavy (non-hydrogen) atoms. The number of ether oxygens (including phenoxy) is 1. The van der Waals surface area contributed by atoms with Gasteiger partial charge in [-0.15, -0.1) is 0 Å². The third-order valence-corrected chi connectivity index (χ3v) is 2.67. The maximum absolute atomic E-state index is 8.59. The van der Waals surface area contributed by atoms with Gasteiger partial charge in [0, 0.05) is 24.3 Å². The van der Waals surface area contributed by atoms with E-state index < -0.39 is 0 Å². The Bertz CT molecular complexity index is 466. The molecule has 0 saturated carbocycles. The summed E-state index contributed by atoms with van der Waals surface area (Å²) in [6.45, 7) is 1.89. The van der Waals surface area contributed by atoms with Gasteiger partial charge < -0.3 is 57.8 Å². The van der Waals surface area contributed by atoms with Crippen LogP contribution in [0.3, 0.4) is 0 Å². The number of rotatable bonds is 6. The Morgan fingerprint density at radius 3 is 2.15 bits per heavy atom. The van der Waals surface area contributed by atoms with Gasteiger partial charge in [0.25, 0.3) is 0 Å². The second-order valence-corrected chi connectivity index (χ2v) is 3.95. The van der Waals surface area contributed by atoms with Gasteiger partial charge in [-0.3, -0.25) is 0 Å². The normalized spacial score (nSPS) is 9.45. The summed E-state index contributed by atoms with van der Waals surface area (Å²) in [6, 6.07) is 8.26. The summed E-state index contributed by atoms with van der Waals surface area (Å²) in [7, 11) is 0. The highest BCUT2D eigenvalue weighted by atomic mass is 127. The Morgan fingerprint density at radius 1 is 0.950 bits per heavy atom. The van der Waals surface area contributed by atoms with Crippen LogP contribution in [0.1, 0.15) is 0 Å². The van der Waals surface area contributed by atoms with E-state index in [1.165, 1.54) is 11.1 Å². The van der Waals surface area contributed by atoms with E-state index >= 15 is 0 Å². The molecule has 2 aromatic heterocycles. The van der Waals surface area contributed by atoms with Crippen molar-refractivity contribution in [3.05, 3.63) is 49.1 Å². The second kappa shape index (κ2) is 11.4. The maximum atomic E-state index is 8.59. The minimum Gasteiger partial charge on any atom is -1.00 e. The van der Waals surface area contributed by atoms with Gasteiger partial charge in [-0.2, -0.15) is 0 Å². The van der Waals surface area contributed by atoms with Crippen LogP contribution in [0.5, 0.6) is 0 Å². The summed E-state index contributed by atoms with van der Waals surface area (Å²) in [5, 5.41) is 8.59. The van der Waals surface area contributed by atoms with E-state index in [9.17, 15) is 0 Å². The Labute approximate surface area is 153 Å². The molecule has 2 rings (SSSR count). The number of hydrogen-bond acceptors (Lipinski definition) is 2. The lowest BCUT2D eigenvalue weighted by Crippen LogP contribution is -3.00. The molecule has 2 N–H and O–H groups in total. The van der Waals surface area contributed by atoms with Gasteiger partial charge in [0.15, 0.2) is 31.3 Å². The van der Waals surface area contributed by atoms with Crippen LogP contribution in [0.15, 0.2) is 49.1 Å². The van der Waals surface area contributed by atoms with Crippen LogP contribution < -0.4 is 57.5 Å². The average molecular weight is 500 g/mol. The fourth-order valence-corrected chi connectivity index (χ4v) is 1.71. The van der Waals surface area contributed by atoms with Crippen molar-refractivity contribution >= 4 is 0 Å². The van der Waals surface area contributed by atoms with Crippen molar-refractivity contribution in [3.8, 4) is 11.1 Å². The molecule has 0 aliphatic carbocycles. The Morgan fingerprint density at radius 2 is 1.55 bits per heavy atom. The number of aromatic amines is 1. The molecule has 4 nitrogen and oxygen atoms in total. The number of nitrogens with one attached hydrogen (secondary N) is 1. The molecule has 0 saturated heterocycles. The van der Waals surface area contributed by atoms with E-state index in [2.05, 4.69) is 21.7 Å². The third-order valence-electron chi connectivity index (χ3n) is 2.67. The third kappa shape index (κ3) is 6.42. The predicted molar refractivity (Wildman–Crippen MR) is 66.5 cm³/mol. The van der Waals surface area contributed by atoms with Gasteiger partial charge in [-0.05, 0) is 11.1 Å². The van der Waals surface area contributed by atoms with Crippen LogP contribution in [0.2, 0.25) is 0 Å². The molecule has 0 amide bonds. The average Bonchev–Trinajstić information content (AvgIpc) is 2.45. The van der Waals surface area contributed by atoms with Gasteiger partial charge in [0.05, 0.1) is 13.2 Å². The molecule has 2 aromatic rings. The maximum Gasteiger partial charge on any atom is 0.171 e. The zero-order valence-corrected chi connectivity index (χ0v) is 15.3. The monoisotopic (exact) mass is 500 g/mol. The van der Waals surface area contributed by atoms with Crippen LogP contribution in [-0.2, 0) is 11.3 Å². The van der Waals surface area contributed by atoms with Gasteiger partial charge in [-0.25, -0.2) is 9.55 Å². The molecule has 0 unspecified atom stereocenters. The Balaban J connectivity index is 0.00000180. The lowest BCUT2D eigenvalue weighted by atomic mass is 10.1. The summed E-state index contributed by atoms with van der Waals surface area (Å²) in [6.07, 6.45) is 7.90. The summed E-state index contributed by atoms with van der Waals surface area (Å²) < 4.78 is 7.29. The highest BCUT2D eigenvalue weighted by molar-refractivity contribution is 5.60. The number of pyridine rings is 2. The molecule has 110 valence electrons. The van der Waals surface area contributed by atoms with Crippen LogP contribution in [0.4, 0.5) is 0 Å². The van der Waals surface area contributed by atoms with E-state index in [0.29, 0.717) is 13.2 Å². The first-order chi connectivity index (χ1) is 8.90. The highest BCUT2D eigenvalue weighted by Crippen LogP contribution is 2.14. The molecule has 2 heterocycles. The van der Waals surface area contributed by atoms with Crippen LogP contribution >= 0.6 is 0 Å². The number of hydrogen-bond donors (Lipinski definition) is 1. The molecular formula is C14H18I2N2O2. The van der Waals surface area contributed by atoms with Crippen LogP contribution in [0.25, 0.3) is 11.1 Å². The van der Waals surface area contributed by atoms with E-state index in [1.54, 1.807) is 0 Å². The van der Waals surface area contributed by atoms with Crippen LogP contribution in [-0.4, -0.2) is 24.9 Å². The first kappa shape index (κ1) is 19.7. The molecule has 0 atom stereocenters. The van der Waals surface area contributed by atoms with E-state index in [-0.39, 0.29) is 54.6 Å². The molecule has 6 heteroatoms. The quantitative estimate of drug-likeness (QED) is 0.245. The van der Waals surface area contributed by atoms with E-state index in [4.69, 9.17) is 9.84 Å². The molecular weight excluding hydrogens is 482 g/mol. The molecule has 0 aliphatic rings. The molecule has 0 aromatic carbocycles. The number of H-pyrrole nitrogens is 1. The first-order valence-corrected chi connectivity index (χ1v) is 6.04. The molecule has 0 bridgehead atoms. The van der Waals surface area contributed by atoms with E-state index in [0.717, 1.165) is 6.54 Å². The van der Waals surface area contributed by atoms with Crippen molar-refractivity contribution in [1.29, 1.82) is 0 Å². The highest BCUT2D eigenvalue weighted by Gasteiger charge is 2.03. The number of aliphatic hydroxyl groups excluding tert-OH is 1. The fourth-order valence-electron chi connectivity index (χ4n) is 1.71. The zero-order chi connectivity index (χ0) is 12.6. The van der Waals surface area contributed by atoms with Crippen molar-refractivity contribution in [2.75, 3.05) is 19.8 Å². The SMILES string of the molecule is OCCOCC[n+]1ccc(-c2cc[nH+]cc2)cc1.[I-].[I-]. The van der Waals surface area contributed by atoms with Crippen molar-refractivity contribution < 1.29 is 67.3 Å². The van der Waals surface area contributed by atoms with Crippen molar-refractivity contribution in [1.82, 2.24) is 0 Å². The summed E-state index contributed by atoms with van der Waals surface area (Å²) in [4.78, 5) is 3.01. The van der Waals surface area contributed by atoms with Crippen LogP contribution in [0, 0.1) is 0 Å². The molecule has 0 fully saturated rings. The molecule has 0 aliphatic heterocycles. The zero-order valence-electron chi connectivity index (χ0n) is 11.0. The summed E-state index contributed by atoms with van der Waals surface area (Å²) in [5.41, 5.74) is 2.38. The number of nitrogens with zero attached hydrogens (tertiary/aromatic N) is 1. The Kier molecular flexibility index (Phi) is 11.2. The van der Waals surface area contributed by atoms with E-state index in [1.807, 2.05) is 36.9 Å². The standard InChI is InChI=1S/C14H17N2O2.2HI/c17-10-12-18-11-9-16-7-3-14(4-8-16)13-1-5-15-6-2-13;;/h1-8,17H,9-12H2;2*1H/q+1;;/p-1. The first-order valence-electron chi connectivity index (χ1n) is 6.04. The Hall–Kier alpha value is -0.320. The number of halogens is 2. The van der Waals surface area contributed by atoms with Gasteiger partial charge >= 0.3 is 0 Å². The minimum absolute atomic E-state index is 0. The molecule has 0 radical (unpaired) electrons. The molecule has 0 spiro atoms. The van der Waals surface area contributed by atoms with Crippen molar-refractivity contribution in [2.45, 2.75) is 6.54 Å². The number of aromatic nitrogens is 2. The van der Waals surface area contributed by atoms with Gasteiger partial charge in [0.1, 0.15) is 6.61 Å². The fraction of sp³-hybridized carbons (Fsp3) is 0.286. The number of aliphatic hydroxyl groups is 1. The largest absolute Gasteiger partial charge is 1.00 e. The predicted octanol–water partition coefficient (Wildman–Crippen LogP) is -5.53. The summed E-state index contributed by atoms with van der Waals surface area (Å²) >= 11 is 0. The lowest BCUT2D eigenvalue weighted by Gasteiger charge is -2.01. The lowest BCUT2D eigenvalue weighted by molar-refractivity contribution is -0.698. The second-order valence-electron chi connectivity index (χ2n) is 3.95. The summed E-state index contributed by atoms with van der Waals surface area (Å²) in [5.74, 6) is 0. The van der Waals surface area contributed by atoms with Crippen molar-refractivity contribution in [3.63, 3.8) is 0 Å². The minimum atomic E-state index is 0. The van der Waals surface area contributed by atoms with Crippen molar-refractivity contribution in [2.24, 2.45) is 0 Å². The topological polar surface area (TPSA) is 47.5 Å².